The molecule has 1 fully saturated rings. The highest BCUT2D eigenvalue weighted by Crippen LogP contribution is 2.30. The number of anilines is 1. The third kappa shape index (κ3) is 4.87. The van der Waals surface area contributed by atoms with E-state index in [2.05, 4.69) is 22.3 Å². The smallest absolute Gasteiger partial charge is 0.251 e. The molecule has 0 aromatic heterocycles. The van der Waals surface area contributed by atoms with E-state index in [1.807, 2.05) is 26.2 Å². The Balaban J connectivity index is 1.65. The molecule has 0 radical (unpaired) electrons. The van der Waals surface area contributed by atoms with Crippen molar-refractivity contribution in [2.45, 2.75) is 25.9 Å². The fourth-order valence-corrected chi connectivity index (χ4v) is 3.40. The zero-order valence-electron chi connectivity index (χ0n) is 15.7. The summed E-state index contributed by atoms with van der Waals surface area (Å²) in [5.74, 6) is -0.135. The third-order valence-electron chi connectivity index (χ3n) is 4.55. The maximum atomic E-state index is 12.5. The van der Waals surface area contributed by atoms with E-state index in [4.69, 9.17) is 11.6 Å². The minimum Gasteiger partial charge on any atom is -0.348 e. The Morgan fingerprint density at radius 1 is 1.15 bits per heavy atom. The Bertz CT molecular complexity index is 834. The van der Waals surface area contributed by atoms with Crippen LogP contribution in [0.3, 0.4) is 0 Å². The first-order chi connectivity index (χ1) is 12.9. The van der Waals surface area contributed by atoms with Gasteiger partial charge in [-0.3, -0.25) is 9.59 Å². The lowest BCUT2D eigenvalue weighted by atomic mass is 10.1. The SMILES string of the molecule is CN(C)Cc1ccc(CNC(=O)c2ccc(Cl)c(N3CCCC3=O)c2)cc1. The summed E-state index contributed by atoms with van der Waals surface area (Å²) in [6.45, 7) is 1.97. The molecule has 1 heterocycles. The van der Waals surface area contributed by atoms with Crippen molar-refractivity contribution in [3.63, 3.8) is 0 Å². The van der Waals surface area contributed by atoms with Crippen LogP contribution in [0.1, 0.15) is 34.3 Å². The Labute approximate surface area is 164 Å². The van der Waals surface area contributed by atoms with Gasteiger partial charge in [0.25, 0.3) is 5.91 Å². The van der Waals surface area contributed by atoms with Gasteiger partial charge in [0.15, 0.2) is 0 Å². The second-order valence-corrected chi connectivity index (χ2v) is 7.46. The van der Waals surface area contributed by atoms with Gasteiger partial charge in [0.1, 0.15) is 0 Å². The number of rotatable bonds is 6. The topological polar surface area (TPSA) is 52.7 Å². The number of carbonyl (C=O) groups is 2. The van der Waals surface area contributed by atoms with Crippen LogP contribution in [0.15, 0.2) is 42.5 Å². The average molecular weight is 386 g/mol. The fraction of sp³-hybridized carbons (Fsp3) is 0.333. The molecule has 0 aliphatic carbocycles. The summed E-state index contributed by atoms with van der Waals surface area (Å²) in [4.78, 5) is 28.3. The Kier molecular flexibility index (Phi) is 6.14. The van der Waals surface area contributed by atoms with Crippen molar-refractivity contribution in [1.29, 1.82) is 0 Å². The van der Waals surface area contributed by atoms with E-state index < -0.39 is 0 Å². The summed E-state index contributed by atoms with van der Waals surface area (Å²) in [5.41, 5.74) is 3.38. The number of hydrogen-bond acceptors (Lipinski definition) is 3. The molecular weight excluding hydrogens is 362 g/mol. The van der Waals surface area contributed by atoms with E-state index in [0.29, 0.717) is 35.8 Å². The molecule has 0 unspecified atom stereocenters. The molecule has 0 spiro atoms. The van der Waals surface area contributed by atoms with Gasteiger partial charge >= 0.3 is 0 Å². The molecule has 27 heavy (non-hydrogen) atoms. The summed E-state index contributed by atoms with van der Waals surface area (Å²) in [7, 11) is 4.06. The lowest BCUT2D eigenvalue weighted by molar-refractivity contribution is -0.117. The normalized spacial score (nSPS) is 14.1. The number of halogens is 1. The zero-order chi connectivity index (χ0) is 19.4. The van der Waals surface area contributed by atoms with E-state index in [1.54, 1.807) is 23.1 Å². The molecule has 3 rings (SSSR count). The average Bonchev–Trinajstić information content (AvgIpc) is 3.06. The number of benzene rings is 2. The number of nitrogens with one attached hydrogen (secondary N) is 1. The lowest BCUT2D eigenvalue weighted by Crippen LogP contribution is -2.26. The molecule has 1 aliphatic heterocycles. The van der Waals surface area contributed by atoms with Gasteiger partial charge in [-0.05, 0) is 49.8 Å². The van der Waals surface area contributed by atoms with Crippen LogP contribution in [-0.2, 0) is 17.9 Å². The van der Waals surface area contributed by atoms with Crippen molar-refractivity contribution in [2.75, 3.05) is 25.5 Å². The van der Waals surface area contributed by atoms with Crippen LogP contribution in [0.25, 0.3) is 0 Å². The minimum absolute atomic E-state index is 0.0484. The van der Waals surface area contributed by atoms with Gasteiger partial charge in [-0.2, -0.15) is 0 Å². The first-order valence-corrected chi connectivity index (χ1v) is 9.42. The molecule has 2 aromatic rings. The largest absolute Gasteiger partial charge is 0.348 e. The van der Waals surface area contributed by atoms with Crippen LogP contribution < -0.4 is 10.2 Å². The van der Waals surface area contributed by atoms with Gasteiger partial charge in [0.2, 0.25) is 5.91 Å². The Morgan fingerprint density at radius 3 is 2.48 bits per heavy atom. The molecule has 0 saturated carbocycles. The second-order valence-electron chi connectivity index (χ2n) is 7.05. The summed E-state index contributed by atoms with van der Waals surface area (Å²) < 4.78 is 0. The maximum absolute atomic E-state index is 12.5. The molecule has 0 atom stereocenters. The van der Waals surface area contributed by atoms with Gasteiger partial charge in [0.05, 0.1) is 10.7 Å². The van der Waals surface area contributed by atoms with Crippen LogP contribution in [0.4, 0.5) is 5.69 Å². The molecule has 1 N–H and O–H groups in total. The molecule has 2 amide bonds. The predicted octanol–water partition coefficient (Wildman–Crippen LogP) is 3.46. The van der Waals surface area contributed by atoms with Crippen LogP contribution in [0, 0.1) is 0 Å². The molecule has 1 aliphatic rings. The minimum atomic E-state index is -0.183. The first-order valence-electron chi connectivity index (χ1n) is 9.04. The van der Waals surface area contributed by atoms with Crippen LogP contribution in [0.2, 0.25) is 5.02 Å². The summed E-state index contributed by atoms with van der Waals surface area (Å²) in [6, 6.07) is 13.2. The van der Waals surface area contributed by atoms with E-state index in [9.17, 15) is 9.59 Å². The third-order valence-corrected chi connectivity index (χ3v) is 4.87. The van der Waals surface area contributed by atoms with E-state index in [1.165, 1.54) is 5.56 Å². The summed E-state index contributed by atoms with van der Waals surface area (Å²) >= 11 is 6.24. The van der Waals surface area contributed by atoms with Gasteiger partial charge < -0.3 is 15.1 Å². The molecule has 2 aromatic carbocycles. The standard InChI is InChI=1S/C21H24ClN3O2/c1-24(2)14-16-7-5-15(6-8-16)13-23-21(27)17-9-10-18(22)19(12-17)25-11-3-4-20(25)26/h5-10,12H,3-4,11,13-14H2,1-2H3,(H,23,27). The molecule has 5 nitrogen and oxygen atoms in total. The van der Waals surface area contributed by atoms with Crippen LogP contribution in [0.5, 0.6) is 0 Å². The monoisotopic (exact) mass is 385 g/mol. The first kappa shape index (κ1) is 19.4. The van der Waals surface area contributed by atoms with Crippen molar-refractivity contribution < 1.29 is 9.59 Å². The molecule has 6 heteroatoms. The van der Waals surface area contributed by atoms with Gasteiger partial charge in [0, 0.05) is 31.6 Å². The van der Waals surface area contributed by atoms with E-state index >= 15 is 0 Å². The summed E-state index contributed by atoms with van der Waals surface area (Å²) in [5, 5.41) is 3.41. The predicted molar refractivity (Wildman–Crippen MR) is 108 cm³/mol. The summed E-state index contributed by atoms with van der Waals surface area (Å²) in [6.07, 6.45) is 1.34. The maximum Gasteiger partial charge on any atom is 0.251 e. The Hall–Kier alpha value is -2.37. The number of amides is 2. The molecular formula is C21H24ClN3O2. The molecule has 142 valence electrons. The lowest BCUT2D eigenvalue weighted by Gasteiger charge is -2.18. The van der Waals surface area contributed by atoms with E-state index in [-0.39, 0.29) is 11.8 Å². The van der Waals surface area contributed by atoms with Crippen molar-refractivity contribution >= 4 is 29.1 Å². The quantitative estimate of drug-likeness (QED) is 0.828. The highest BCUT2D eigenvalue weighted by atomic mass is 35.5. The van der Waals surface area contributed by atoms with Crippen molar-refractivity contribution in [2.24, 2.45) is 0 Å². The van der Waals surface area contributed by atoms with Crippen LogP contribution in [-0.4, -0.2) is 37.4 Å². The van der Waals surface area contributed by atoms with Crippen molar-refractivity contribution in [1.82, 2.24) is 10.2 Å². The Morgan fingerprint density at radius 2 is 1.85 bits per heavy atom. The van der Waals surface area contributed by atoms with Gasteiger partial charge in [-0.1, -0.05) is 35.9 Å². The second kappa shape index (κ2) is 8.55. The van der Waals surface area contributed by atoms with Crippen LogP contribution >= 0.6 is 11.6 Å². The zero-order valence-corrected chi connectivity index (χ0v) is 16.4. The highest BCUT2D eigenvalue weighted by Gasteiger charge is 2.24. The fourth-order valence-electron chi connectivity index (χ4n) is 3.18. The van der Waals surface area contributed by atoms with Gasteiger partial charge in [-0.15, -0.1) is 0 Å². The number of carbonyl (C=O) groups excluding carboxylic acids is 2. The van der Waals surface area contributed by atoms with Gasteiger partial charge in [-0.25, -0.2) is 0 Å². The van der Waals surface area contributed by atoms with E-state index in [0.717, 1.165) is 18.5 Å². The van der Waals surface area contributed by atoms with Crippen molar-refractivity contribution in [3.05, 3.63) is 64.2 Å². The molecule has 0 bridgehead atoms. The van der Waals surface area contributed by atoms with Crippen molar-refractivity contribution in [3.8, 4) is 0 Å². The number of hydrogen-bond donors (Lipinski definition) is 1. The molecule has 1 saturated heterocycles. The number of nitrogens with zero attached hydrogens (tertiary/aromatic N) is 2. The highest BCUT2D eigenvalue weighted by molar-refractivity contribution is 6.34.